The molecule has 0 saturated carbocycles. The van der Waals surface area contributed by atoms with Crippen LogP contribution < -0.4 is 15.0 Å². The van der Waals surface area contributed by atoms with E-state index in [0.29, 0.717) is 30.7 Å². The minimum Gasteiger partial charge on any atom is -0.462 e. The van der Waals surface area contributed by atoms with Gasteiger partial charge in [0.2, 0.25) is 0 Å². The summed E-state index contributed by atoms with van der Waals surface area (Å²) in [5, 5.41) is 7.23. The number of hydrogen-bond donors (Lipinski definition) is 1. The van der Waals surface area contributed by atoms with Crippen molar-refractivity contribution < 1.29 is 4.74 Å². The normalized spacial score (nSPS) is 24.1. The average molecular weight is 480 g/mol. The molecule has 6 nitrogen and oxygen atoms in total. The molecule has 36 heavy (non-hydrogen) atoms. The van der Waals surface area contributed by atoms with Gasteiger partial charge in [0.05, 0.1) is 5.52 Å². The number of ether oxygens (including phenoxy) is 1. The van der Waals surface area contributed by atoms with Crippen molar-refractivity contribution in [1.29, 1.82) is 0 Å². The Hall–Kier alpha value is -3.22. The molecule has 2 bridgehead atoms. The van der Waals surface area contributed by atoms with Gasteiger partial charge in [0.15, 0.2) is 0 Å². The third-order valence-electron chi connectivity index (χ3n) is 8.46. The van der Waals surface area contributed by atoms with Gasteiger partial charge in [-0.2, -0.15) is 9.97 Å². The minimum atomic E-state index is 0.435. The van der Waals surface area contributed by atoms with Gasteiger partial charge in [-0.15, -0.1) is 0 Å². The molecule has 3 saturated heterocycles. The van der Waals surface area contributed by atoms with Crippen LogP contribution in [0.1, 0.15) is 25.7 Å². The maximum Gasteiger partial charge on any atom is 0.319 e. The standard InChI is InChI=1S/C30H33N5O/c1-34-15-5-8-24(34)19-36-30-32-28-16-21(26-10-4-7-20-6-2-3-9-25(20)26)11-14-27(28)29(33-30)35-22-12-13-23(35)18-31-17-22/h2-4,6-7,9-11,14,16,22-24,31H,5,8,12-13,15,17-19H2,1H3/t22-,23+,24-/m0/s1. The van der Waals surface area contributed by atoms with Gasteiger partial charge in [-0.05, 0) is 73.3 Å². The number of piperazine rings is 1. The number of likely N-dealkylation sites (tertiary alicyclic amines) is 1. The molecule has 0 amide bonds. The number of benzene rings is 3. The Labute approximate surface area is 212 Å². The van der Waals surface area contributed by atoms with E-state index in [0.717, 1.165) is 36.4 Å². The van der Waals surface area contributed by atoms with Crippen LogP contribution >= 0.6 is 0 Å². The van der Waals surface area contributed by atoms with E-state index in [4.69, 9.17) is 14.7 Å². The highest BCUT2D eigenvalue weighted by Crippen LogP contribution is 2.38. The number of fused-ring (bicyclic) bond motifs is 4. The first-order chi connectivity index (χ1) is 17.7. The quantitative estimate of drug-likeness (QED) is 0.441. The zero-order chi connectivity index (χ0) is 24.1. The van der Waals surface area contributed by atoms with E-state index in [-0.39, 0.29) is 0 Å². The fourth-order valence-electron chi connectivity index (χ4n) is 6.48. The maximum absolute atomic E-state index is 6.30. The van der Waals surface area contributed by atoms with Crippen LogP contribution in [-0.2, 0) is 0 Å². The second-order valence-electron chi connectivity index (χ2n) is 10.6. The number of hydrogen-bond acceptors (Lipinski definition) is 6. The molecular formula is C30H33N5O. The van der Waals surface area contributed by atoms with Crippen LogP contribution in [0.2, 0.25) is 0 Å². The van der Waals surface area contributed by atoms with Crippen molar-refractivity contribution in [3.05, 3.63) is 60.7 Å². The van der Waals surface area contributed by atoms with Gasteiger partial charge < -0.3 is 19.9 Å². The number of aromatic nitrogens is 2. The van der Waals surface area contributed by atoms with Crippen LogP contribution in [0.3, 0.4) is 0 Å². The number of rotatable bonds is 5. The largest absolute Gasteiger partial charge is 0.462 e. The molecule has 6 heteroatoms. The van der Waals surface area contributed by atoms with Crippen molar-refractivity contribution >= 4 is 27.5 Å². The van der Waals surface area contributed by atoms with Crippen LogP contribution in [0.5, 0.6) is 6.01 Å². The second kappa shape index (κ2) is 9.02. The molecule has 3 fully saturated rings. The Balaban J connectivity index is 1.33. The Kier molecular flexibility index (Phi) is 5.51. The molecule has 1 N–H and O–H groups in total. The number of nitrogens with one attached hydrogen (secondary N) is 1. The van der Waals surface area contributed by atoms with Crippen molar-refractivity contribution in [2.24, 2.45) is 0 Å². The van der Waals surface area contributed by atoms with Crippen LogP contribution in [0.4, 0.5) is 5.82 Å². The molecule has 0 unspecified atom stereocenters. The molecule has 4 heterocycles. The van der Waals surface area contributed by atoms with E-state index in [1.807, 2.05) is 0 Å². The third-order valence-corrected chi connectivity index (χ3v) is 8.46. The van der Waals surface area contributed by atoms with E-state index in [1.165, 1.54) is 47.6 Å². The zero-order valence-corrected chi connectivity index (χ0v) is 20.9. The molecule has 184 valence electrons. The maximum atomic E-state index is 6.30. The van der Waals surface area contributed by atoms with Crippen LogP contribution in [-0.4, -0.2) is 66.3 Å². The summed E-state index contributed by atoms with van der Waals surface area (Å²) in [4.78, 5) is 14.9. The van der Waals surface area contributed by atoms with Crippen LogP contribution in [0, 0.1) is 0 Å². The molecule has 3 aromatic carbocycles. The number of likely N-dealkylation sites (N-methyl/N-ethyl adjacent to an activating group) is 1. The SMILES string of the molecule is CN1CCC[C@H]1COc1nc(N2[C@@H]3CC[C@H]2CNC3)c2ccc(-c3cccc4ccccc34)cc2n1. The summed E-state index contributed by atoms with van der Waals surface area (Å²) in [6, 6.07) is 23.7. The summed E-state index contributed by atoms with van der Waals surface area (Å²) in [6.07, 6.45) is 4.82. The Morgan fingerprint density at radius 3 is 2.58 bits per heavy atom. The van der Waals surface area contributed by atoms with Gasteiger partial charge >= 0.3 is 6.01 Å². The van der Waals surface area contributed by atoms with Crippen molar-refractivity contribution in [3.8, 4) is 17.1 Å². The summed E-state index contributed by atoms with van der Waals surface area (Å²) in [6.45, 7) is 3.80. The van der Waals surface area contributed by atoms with Crippen LogP contribution in [0.15, 0.2) is 60.7 Å². The topological polar surface area (TPSA) is 53.5 Å². The summed E-state index contributed by atoms with van der Waals surface area (Å²) in [7, 11) is 2.18. The lowest BCUT2D eigenvalue weighted by Crippen LogP contribution is -2.52. The molecule has 0 spiro atoms. The first-order valence-electron chi connectivity index (χ1n) is 13.4. The van der Waals surface area contributed by atoms with E-state index >= 15 is 0 Å². The fraction of sp³-hybridized carbons (Fsp3) is 0.400. The summed E-state index contributed by atoms with van der Waals surface area (Å²) >= 11 is 0. The molecule has 3 aliphatic rings. The van der Waals surface area contributed by atoms with Crippen molar-refractivity contribution in [2.75, 3.05) is 38.2 Å². The Morgan fingerprint density at radius 2 is 1.75 bits per heavy atom. The van der Waals surface area contributed by atoms with Gasteiger partial charge in [-0.1, -0.05) is 48.5 Å². The molecule has 4 aromatic rings. The number of anilines is 1. The van der Waals surface area contributed by atoms with Gasteiger partial charge in [0, 0.05) is 36.6 Å². The second-order valence-corrected chi connectivity index (χ2v) is 10.6. The van der Waals surface area contributed by atoms with E-state index in [2.05, 4.69) is 82.8 Å². The molecule has 3 aliphatic heterocycles. The highest BCUT2D eigenvalue weighted by Gasteiger charge is 2.38. The monoisotopic (exact) mass is 479 g/mol. The molecule has 7 rings (SSSR count). The third kappa shape index (κ3) is 3.80. The van der Waals surface area contributed by atoms with Crippen molar-refractivity contribution in [3.63, 3.8) is 0 Å². The van der Waals surface area contributed by atoms with E-state index in [9.17, 15) is 0 Å². The first kappa shape index (κ1) is 22.0. The molecule has 0 radical (unpaired) electrons. The van der Waals surface area contributed by atoms with E-state index in [1.54, 1.807) is 0 Å². The smallest absolute Gasteiger partial charge is 0.319 e. The summed E-state index contributed by atoms with van der Waals surface area (Å²) in [5.41, 5.74) is 3.36. The zero-order valence-electron chi connectivity index (χ0n) is 20.9. The Bertz CT molecular complexity index is 1400. The number of nitrogens with zero attached hydrogens (tertiary/aromatic N) is 4. The van der Waals surface area contributed by atoms with Crippen molar-refractivity contribution in [1.82, 2.24) is 20.2 Å². The van der Waals surface area contributed by atoms with Gasteiger partial charge in [-0.25, -0.2) is 0 Å². The van der Waals surface area contributed by atoms with Gasteiger partial charge in [-0.3, -0.25) is 0 Å². The summed E-state index contributed by atoms with van der Waals surface area (Å²) < 4.78 is 6.30. The molecule has 3 atom stereocenters. The predicted molar refractivity (Wildman–Crippen MR) is 146 cm³/mol. The lowest BCUT2D eigenvalue weighted by Gasteiger charge is -2.37. The molecule has 0 aliphatic carbocycles. The van der Waals surface area contributed by atoms with Crippen LogP contribution in [0.25, 0.3) is 32.8 Å². The first-order valence-corrected chi connectivity index (χ1v) is 13.4. The van der Waals surface area contributed by atoms with Crippen molar-refractivity contribution in [2.45, 2.75) is 43.8 Å². The average Bonchev–Trinajstić information content (AvgIpc) is 3.44. The van der Waals surface area contributed by atoms with Gasteiger partial charge in [0.1, 0.15) is 12.4 Å². The molecule has 1 aromatic heterocycles. The highest BCUT2D eigenvalue weighted by atomic mass is 16.5. The predicted octanol–water partition coefficient (Wildman–Crippen LogP) is 4.86. The Morgan fingerprint density at radius 1 is 0.917 bits per heavy atom. The fourth-order valence-corrected chi connectivity index (χ4v) is 6.48. The summed E-state index contributed by atoms with van der Waals surface area (Å²) in [5.74, 6) is 1.04. The minimum absolute atomic E-state index is 0.435. The van der Waals surface area contributed by atoms with E-state index < -0.39 is 0 Å². The lowest BCUT2D eigenvalue weighted by atomic mass is 9.97. The van der Waals surface area contributed by atoms with Gasteiger partial charge in [0.25, 0.3) is 0 Å². The lowest BCUT2D eigenvalue weighted by molar-refractivity contribution is 0.188. The molecular weight excluding hydrogens is 446 g/mol. The highest BCUT2D eigenvalue weighted by molar-refractivity contribution is 6.00.